The zero-order valence-electron chi connectivity index (χ0n) is 13.6. The van der Waals surface area contributed by atoms with E-state index in [0.29, 0.717) is 6.04 Å². The zero-order valence-corrected chi connectivity index (χ0v) is 13.6. The molecule has 2 heteroatoms. The molecule has 4 unspecified atom stereocenters. The van der Waals surface area contributed by atoms with Crippen molar-refractivity contribution in [1.82, 2.24) is 10.2 Å². The number of hydrogen-bond acceptors (Lipinski definition) is 2. The molecular weight excluding hydrogens is 256 g/mol. The van der Waals surface area contributed by atoms with Crippen molar-refractivity contribution in [3.8, 4) is 0 Å². The Balaban J connectivity index is 1.55. The maximum absolute atomic E-state index is 3.65. The SMILES string of the molecule is CCNC(CN(C)CC1CC2CCC1C2)c1ccccc1. The summed E-state index contributed by atoms with van der Waals surface area (Å²) in [5, 5.41) is 3.65. The van der Waals surface area contributed by atoms with Gasteiger partial charge in [-0.2, -0.15) is 0 Å². The summed E-state index contributed by atoms with van der Waals surface area (Å²) in [5.41, 5.74) is 1.42. The van der Waals surface area contributed by atoms with Crippen LogP contribution in [0.5, 0.6) is 0 Å². The van der Waals surface area contributed by atoms with Gasteiger partial charge in [-0.15, -0.1) is 0 Å². The fourth-order valence-electron chi connectivity index (χ4n) is 4.61. The van der Waals surface area contributed by atoms with Crippen molar-refractivity contribution in [2.75, 3.05) is 26.7 Å². The van der Waals surface area contributed by atoms with Crippen LogP contribution in [0.2, 0.25) is 0 Å². The minimum absolute atomic E-state index is 0.458. The Hall–Kier alpha value is -0.860. The molecule has 0 heterocycles. The summed E-state index contributed by atoms with van der Waals surface area (Å²) in [5.74, 6) is 3.06. The van der Waals surface area contributed by atoms with Gasteiger partial charge in [0, 0.05) is 19.1 Å². The van der Waals surface area contributed by atoms with E-state index in [1.807, 2.05) is 0 Å². The highest BCUT2D eigenvalue weighted by molar-refractivity contribution is 5.19. The Bertz CT molecular complexity index is 430. The fraction of sp³-hybridized carbons (Fsp3) is 0.684. The maximum Gasteiger partial charge on any atom is 0.0449 e. The molecule has 3 rings (SSSR count). The summed E-state index contributed by atoms with van der Waals surface area (Å²) in [7, 11) is 2.30. The molecule has 0 spiro atoms. The first kappa shape index (κ1) is 15.1. The van der Waals surface area contributed by atoms with Crippen molar-refractivity contribution < 1.29 is 0 Å². The van der Waals surface area contributed by atoms with E-state index in [2.05, 4.69) is 54.5 Å². The Labute approximate surface area is 129 Å². The molecule has 2 fully saturated rings. The van der Waals surface area contributed by atoms with Crippen LogP contribution in [0, 0.1) is 17.8 Å². The molecule has 1 N–H and O–H groups in total. The topological polar surface area (TPSA) is 15.3 Å². The standard InChI is InChI=1S/C19H30N2/c1-3-20-19(16-7-5-4-6-8-16)14-21(2)13-18-12-15-9-10-17(18)11-15/h4-8,15,17-20H,3,9-14H2,1-2H3. The van der Waals surface area contributed by atoms with Crippen molar-refractivity contribution in [3.05, 3.63) is 35.9 Å². The summed E-state index contributed by atoms with van der Waals surface area (Å²) < 4.78 is 0. The second kappa shape index (κ2) is 6.93. The van der Waals surface area contributed by atoms with E-state index in [0.717, 1.165) is 30.8 Å². The van der Waals surface area contributed by atoms with E-state index in [-0.39, 0.29) is 0 Å². The highest BCUT2D eigenvalue weighted by Crippen LogP contribution is 2.48. The second-order valence-electron chi connectivity index (χ2n) is 7.18. The average molecular weight is 286 g/mol. The van der Waals surface area contributed by atoms with Crippen LogP contribution in [0.15, 0.2) is 30.3 Å². The average Bonchev–Trinajstić information content (AvgIpc) is 3.10. The summed E-state index contributed by atoms with van der Waals surface area (Å²) in [4.78, 5) is 2.56. The van der Waals surface area contributed by atoms with Crippen molar-refractivity contribution in [1.29, 1.82) is 0 Å². The number of nitrogens with one attached hydrogen (secondary N) is 1. The molecule has 2 bridgehead atoms. The minimum atomic E-state index is 0.458. The molecule has 21 heavy (non-hydrogen) atoms. The molecule has 0 amide bonds. The Morgan fingerprint density at radius 1 is 1.19 bits per heavy atom. The summed E-state index contributed by atoms with van der Waals surface area (Å²) in [6.45, 7) is 5.63. The monoisotopic (exact) mass is 286 g/mol. The molecule has 2 saturated carbocycles. The Kier molecular flexibility index (Phi) is 4.97. The zero-order chi connectivity index (χ0) is 14.7. The molecular formula is C19H30N2. The van der Waals surface area contributed by atoms with Crippen molar-refractivity contribution in [2.45, 2.75) is 38.6 Å². The lowest BCUT2D eigenvalue weighted by Gasteiger charge is -2.30. The van der Waals surface area contributed by atoms with E-state index in [9.17, 15) is 0 Å². The molecule has 0 aromatic heterocycles. The molecule has 0 aliphatic heterocycles. The first-order valence-electron chi connectivity index (χ1n) is 8.73. The van der Waals surface area contributed by atoms with E-state index < -0.39 is 0 Å². The highest BCUT2D eigenvalue weighted by atomic mass is 15.1. The smallest absolute Gasteiger partial charge is 0.0449 e. The molecule has 4 atom stereocenters. The van der Waals surface area contributed by atoms with Crippen LogP contribution in [0.1, 0.15) is 44.2 Å². The maximum atomic E-state index is 3.65. The van der Waals surface area contributed by atoms with Crippen LogP contribution < -0.4 is 5.32 Å². The Morgan fingerprint density at radius 2 is 2.00 bits per heavy atom. The third kappa shape index (κ3) is 3.67. The largest absolute Gasteiger partial charge is 0.309 e. The van der Waals surface area contributed by atoms with Crippen LogP contribution in [0.25, 0.3) is 0 Å². The van der Waals surface area contributed by atoms with Gasteiger partial charge in [-0.1, -0.05) is 43.7 Å². The first-order chi connectivity index (χ1) is 10.3. The van der Waals surface area contributed by atoms with Gasteiger partial charge in [0.25, 0.3) is 0 Å². The van der Waals surface area contributed by atoms with Gasteiger partial charge in [-0.3, -0.25) is 0 Å². The third-order valence-corrected chi connectivity index (χ3v) is 5.58. The number of rotatable bonds is 7. The first-order valence-corrected chi connectivity index (χ1v) is 8.73. The number of nitrogens with zero attached hydrogens (tertiary/aromatic N) is 1. The fourth-order valence-corrected chi connectivity index (χ4v) is 4.61. The number of fused-ring (bicyclic) bond motifs is 2. The van der Waals surface area contributed by atoms with Crippen LogP contribution in [0.4, 0.5) is 0 Å². The van der Waals surface area contributed by atoms with E-state index >= 15 is 0 Å². The lowest BCUT2D eigenvalue weighted by molar-refractivity contribution is 0.205. The number of likely N-dealkylation sites (N-methyl/N-ethyl adjacent to an activating group) is 2. The molecule has 0 saturated heterocycles. The lowest BCUT2D eigenvalue weighted by atomic mass is 9.88. The number of benzene rings is 1. The summed E-state index contributed by atoms with van der Waals surface area (Å²) in [6.07, 6.45) is 6.02. The molecule has 2 aliphatic carbocycles. The lowest BCUT2D eigenvalue weighted by Crippen LogP contribution is -2.36. The van der Waals surface area contributed by atoms with Gasteiger partial charge >= 0.3 is 0 Å². The molecule has 2 nitrogen and oxygen atoms in total. The van der Waals surface area contributed by atoms with Gasteiger partial charge in [0.15, 0.2) is 0 Å². The van der Waals surface area contributed by atoms with E-state index in [4.69, 9.17) is 0 Å². The second-order valence-corrected chi connectivity index (χ2v) is 7.18. The van der Waals surface area contributed by atoms with Gasteiger partial charge in [0.1, 0.15) is 0 Å². The third-order valence-electron chi connectivity index (χ3n) is 5.58. The minimum Gasteiger partial charge on any atom is -0.309 e. The van der Waals surface area contributed by atoms with Crippen molar-refractivity contribution in [2.24, 2.45) is 17.8 Å². The predicted molar refractivity (Wildman–Crippen MR) is 89.3 cm³/mol. The molecule has 2 aliphatic rings. The van der Waals surface area contributed by atoms with Gasteiger partial charge < -0.3 is 10.2 Å². The van der Waals surface area contributed by atoms with E-state index in [1.54, 1.807) is 0 Å². The molecule has 1 aromatic carbocycles. The van der Waals surface area contributed by atoms with Crippen LogP contribution in [-0.2, 0) is 0 Å². The summed E-state index contributed by atoms with van der Waals surface area (Å²) >= 11 is 0. The quantitative estimate of drug-likeness (QED) is 0.822. The predicted octanol–water partition coefficient (Wildman–Crippen LogP) is 3.71. The van der Waals surface area contributed by atoms with Crippen molar-refractivity contribution in [3.63, 3.8) is 0 Å². The van der Waals surface area contributed by atoms with Gasteiger partial charge in [-0.25, -0.2) is 0 Å². The Morgan fingerprint density at radius 3 is 2.62 bits per heavy atom. The van der Waals surface area contributed by atoms with Gasteiger partial charge in [-0.05, 0) is 56.2 Å². The van der Waals surface area contributed by atoms with Crippen LogP contribution in [-0.4, -0.2) is 31.6 Å². The molecule has 116 valence electrons. The highest BCUT2D eigenvalue weighted by Gasteiger charge is 2.39. The van der Waals surface area contributed by atoms with Crippen LogP contribution in [0.3, 0.4) is 0 Å². The van der Waals surface area contributed by atoms with Crippen molar-refractivity contribution >= 4 is 0 Å². The summed E-state index contributed by atoms with van der Waals surface area (Å²) in [6, 6.07) is 11.4. The van der Waals surface area contributed by atoms with Gasteiger partial charge in [0.05, 0.1) is 0 Å². The normalized spacial score (nSPS) is 29.2. The molecule has 0 radical (unpaired) electrons. The molecule has 1 aromatic rings. The van der Waals surface area contributed by atoms with Crippen LogP contribution >= 0.6 is 0 Å². The number of hydrogen-bond donors (Lipinski definition) is 1. The van der Waals surface area contributed by atoms with Gasteiger partial charge in [0.2, 0.25) is 0 Å². The van der Waals surface area contributed by atoms with E-state index in [1.165, 1.54) is 37.8 Å².